The van der Waals surface area contributed by atoms with E-state index >= 15 is 0 Å². The van der Waals surface area contributed by atoms with Crippen molar-refractivity contribution >= 4 is 11.6 Å². The monoisotopic (exact) mass is 230 g/mol. The number of hydrogen-bond donors (Lipinski definition) is 0. The van der Waals surface area contributed by atoms with Crippen LogP contribution in [-0.2, 0) is 11.3 Å². The lowest BCUT2D eigenvalue weighted by Gasteiger charge is -2.13. The molecule has 2 rings (SSSR count). The van der Waals surface area contributed by atoms with Crippen molar-refractivity contribution in [2.24, 2.45) is 11.0 Å². The maximum atomic E-state index is 12.0. The zero-order valence-corrected chi connectivity index (χ0v) is 10.6. The topological polar surface area (TPSA) is 32.7 Å². The van der Waals surface area contributed by atoms with Gasteiger partial charge >= 0.3 is 0 Å². The average molecular weight is 230 g/mol. The van der Waals surface area contributed by atoms with Crippen LogP contribution < -0.4 is 0 Å². The highest BCUT2D eigenvalue weighted by molar-refractivity contribution is 6.06. The third-order valence-electron chi connectivity index (χ3n) is 3.16. The molecule has 1 aliphatic rings. The Labute approximate surface area is 102 Å². The fraction of sp³-hybridized carbons (Fsp3) is 0.429. The van der Waals surface area contributed by atoms with E-state index in [1.807, 2.05) is 26.0 Å². The summed E-state index contributed by atoms with van der Waals surface area (Å²) in [6.07, 6.45) is 0.832. The first kappa shape index (κ1) is 11.8. The van der Waals surface area contributed by atoms with E-state index in [0.29, 0.717) is 6.54 Å². The summed E-state index contributed by atoms with van der Waals surface area (Å²) >= 11 is 0. The first-order valence-corrected chi connectivity index (χ1v) is 6.04. The summed E-state index contributed by atoms with van der Waals surface area (Å²) in [7, 11) is 0. The Balaban J connectivity index is 2.13. The second kappa shape index (κ2) is 4.70. The molecular weight excluding hydrogens is 212 g/mol. The highest BCUT2D eigenvalue weighted by Crippen LogP contribution is 2.21. The molecule has 0 aliphatic carbocycles. The zero-order valence-electron chi connectivity index (χ0n) is 10.6. The van der Waals surface area contributed by atoms with Crippen LogP contribution in [0.15, 0.2) is 29.4 Å². The summed E-state index contributed by atoms with van der Waals surface area (Å²) in [5, 5.41) is 5.94. The van der Waals surface area contributed by atoms with E-state index in [0.717, 1.165) is 17.7 Å². The van der Waals surface area contributed by atoms with Crippen LogP contribution in [0.3, 0.4) is 0 Å². The molecule has 0 aromatic heterocycles. The normalized spacial score (nSPS) is 19.7. The van der Waals surface area contributed by atoms with E-state index in [9.17, 15) is 4.79 Å². The van der Waals surface area contributed by atoms with Crippen LogP contribution in [0.1, 0.15) is 31.4 Å². The molecule has 17 heavy (non-hydrogen) atoms. The van der Waals surface area contributed by atoms with Crippen molar-refractivity contribution in [2.75, 3.05) is 0 Å². The Kier molecular flexibility index (Phi) is 3.27. The van der Waals surface area contributed by atoms with Gasteiger partial charge in [-0.05, 0) is 25.8 Å². The van der Waals surface area contributed by atoms with Crippen molar-refractivity contribution in [3.8, 4) is 0 Å². The minimum absolute atomic E-state index is 0.0141. The maximum Gasteiger partial charge on any atom is 0.251 e. The van der Waals surface area contributed by atoms with Gasteiger partial charge in [0.15, 0.2) is 0 Å². The van der Waals surface area contributed by atoms with Gasteiger partial charge in [-0.1, -0.05) is 36.8 Å². The molecule has 1 unspecified atom stereocenters. The maximum absolute atomic E-state index is 12.0. The lowest BCUT2D eigenvalue weighted by atomic mass is 10.0. The van der Waals surface area contributed by atoms with Gasteiger partial charge in [0, 0.05) is 5.71 Å². The Bertz CT molecular complexity index is 465. The molecule has 1 amide bonds. The van der Waals surface area contributed by atoms with Crippen LogP contribution in [-0.4, -0.2) is 16.6 Å². The Morgan fingerprint density at radius 2 is 2.12 bits per heavy atom. The van der Waals surface area contributed by atoms with E-state index in [1.54, 1.807) is 5.01 Å². The second-order valence-corrected chi connectivity index (χ2v) is 4.59. The molecule has 3 heteroatoms. The molecule has 0 radical (unpaired) electrons. The van der Waals surface area contributed by atoms with Crippen LogP contribution in [0, 0.1) is 12.8 Å². The molecule has 0 fully saturated rings. The average Bonchev–Trinajstić information content (AvgIpc) is 2.54. The van der Waals surface area contributed by atoms with Gasteiger partial charge in [0.1, 0.15) is 0 Å². The lowest BCUT2D eigenvalue weighted by molar-refractivity contribution is -0.132. The summed E-state index contributed by atoms with van der Waals surface area (Å²) < 4.78 is 0. The van der Waals surface area contributed by atoms with E-state index in [1.165, 1.54) is 5.56 Å². The quantitative estimate of drug-likeness (QED) is 0.785. The number of aryl methyl sites for hydroxylation is 1. The number of hydrogen-bond acceptors (Lipinski definition) is 2. The predicted molar refractivity (Wildman–Crippen MR) is 68.6 cm³/mol. The minimum atomic E-state index is -0.0141. The van der Waals surface area contributed by atoms with Crippen LogP contribution >= 0.6 is 0 Å². The van der Waals surface area contributed by atoms with Crippen molar-refractivity contribution in [1.82, 2.24) is 5.01 Å². The van der Waals surface area contributed by atoms with Gasteiger partial charge in [-0.3, -0.25) is 4.79 Å². The summed E-state index contributed by atoms with van der Waals surface area (Å²) in [5.74, 6) is 0.117. The highest BCUT2D eigenvalue weighted by Gasteiger charge is 2.31. The van der Waals surface area contributed by atoms with Gasteiger partial charge in [0.05, 0.1) is 12.5 Å². The van der Waals surface area contributed by atoms with Crippen LogP contribution in [0.2, 0.25) is 0 Å². The van der Waals surface area contributed by atoms with Crippen molar-refractivity contribution in [3.63, 3.8) is 0 Å². The van der Waals surface area contributed by atoms with E-state index < -0.39 is 0 Å². The fourth-order valence-electron chi connectivity index (χ4n) is 2.23. The smallest absolute Gasteiger partial charge is 0.251 e. The standard InChI is InChI=1S/C14H18N2O/c1-4-13-11(3)15-16(14(13)17)9-12-7-5-6-10(2)8-12/h5-8,13H,4,9H2,1-3H3. The number of carbonyl (C=O) groups is 1. The minimum Gasteiger partial charge on any atom is -0.272 e. The van der Waals surface area contributed by atoms with Crippen molar-refractivity contribution < 1.29 is 4.79 Å². The Morgan fingerprint density at radius 1 is 1.35 bits per heavy atom. The van der Waals surface area contributed by atoms with Gasteiger partial charge in [-0.2, -0.15) is 5.10 Å². The molecule has 0 N–H and O–H groups in total. The molecule has 1 atom stereocenters. The molecule has 1 aromatic carbocycles. The number of carbonyl (C=O) groups excluding carboxylic acids is 1. The zero-order chi connectivity index (χ0) is 12.4. The van der Waals surface area contributed by atoms with E-state index in [2.05, 4.69) is 24.2 Å². The van der Waals surface area contributed by atoms with E-state index in [-0.39, 0.29) is 11.8 Å². The summed E-state index contributed by atoms with van der Waals surface area (Å²) in [6.45, 7) is 6.59. The third kappa shape index (κ3) is 2.38. The summed E-state index contributed by atoms with van der Waals surface area (Å²) in [5.41, 5.74) is 3.28. The molecule has 1 aliphatic heterocycles. The van der Waals surface area contributed by atoms with Gasteiger partial charge in [-0.25, -0.2) is 5.01 Å². The largest absolute Gasteiger partial charge is 0.272 e. The number of amides is 1. The Hall–Kier alpha value is -1.64. The molecule has 1 aromatic rings. The third-order valence-corrected chi connectivity index (χ3v) is 3.16. The molecule has 0 saturated carbocycles. The molecule has 90 valence electrons. The second-order valence-electron chi connectivity index (χ2n) is 4.59. The first-order chi connectivity index (χ1) is 8.11. The molecule has 0 saturated heterocycles. The number of nitrogens with zero attached hydrogens (tertiary/aromatic N) is 2. The molecule has 1 heterocycles. The predicted octanol–water partition coefficient (Wildman–Crippen LogP) is 2.74. The molecule has 3 nitrogen and oxygen atoms in total. The van der Waals surface area contributed by atoms with Gasteiger partial charge in [-0.15, -0.1) is 0 Å². The van der Waals surface area contributed by atoms with Crippen molar-refractivity contribution in [1.29, 1.82) is 0 Å². The number of rotatable bonds is 3. The van der Waals surface area contributed by atoms with Gasteiger partial charge in [0.25, 0.3) is 5.91 Å². The van der Waals surface area contributed by atoms with Crippen LogP contribution in [0.5, 0.6) is 0 Å². The fourth-order valence-corrected chi connectivity index (χ4v) is 2.23. The summed E-state index contributed by atoms with van der Waals surface area (Å²) in [4.78, 5) is 12.0. The Morgan fingerprint density at radius 3 is 2.71 bits per heavy atom. The lowest BCUT2D eigenvalue weighted by Crippen LogP contribution is -2.26. The van der Waals surface area contributed by atoms with Crippen molar-refractivity contribution in [2.45, 2.75) is 33.7 Å². The molecule has 0 spiro atoms. The SMILES string of the molecule is CCC1C(=O)N(Cc2cccc(C)c2)N=C1C. The van der Waals surface area contributed by atoms with E-state index in [4.69, 9.17) is 0 Å². The molecular formula is C14H18N2O. The highest BCUT2D eigenvalue weighted by atomic mass is 16.2. The first-order valence-electron chi connectivity index (χ1n) is 6.04. The summed E-state index contributed by atoms with van der Waals surface area (Å²) in [6, 6.07) is 8.19. The number of benzene rings is 1. The van der Waals surface area contributed by atoms with Crippen LogP contribution in [0.25, 0.3) is 0 Å². The van der Waals surface area contributed by atoms with Gasteiger partial charge < -0.3 is 0 Å². The van der Waals surface area contributed by atoms with Gasteiger partial charge in [0.2, 0.25) is 0 Å². The van der Waals surface area contributed by atoms with Crippen molar-refractivity contribution in [3.05, 3.63) is 35.4 Å². The van der Waals surface area contributed by atoms with Crippen LogP contribution in [0.4, 0.5) is 0 Å². The molecule has 0 bridgehead atoms. The number of hydrazone groups is 1.